The van der Waals surface area contributed by atoms with Crippen LogP contribution in [0.1, 0.15) is 33.6 Å². The van der Waals surface area contributed by atoms with Crippen molar-refractivity contribution in [3.05, 3.63) is 24.3 Å². The quantitative estimate of drug-likeness (QED) is 0.511. The lowest BCUT2D eigenvalue weighted by Crippen LogP contribution is -2.47. The first-order valence-corrected chi connectivity index (χ1v) is 11.1. The van der Waals surface area contributed by atoms with Crippen LogP contribution in [0.5, 0.6) is 0 Å². The number of hydrogen-bond acceptors (Lipinski definition) is 7. The number of nitrogens with one attached hydrogen (secondary N) is 2. The second kappa shape index (κ2) is 9.75. The Morgan fingerprint density at radius 2 is 1.90 bits per heavy atom. The molecule has 0 saturated carbocycles. The van der Waals surface area contributed by atoms with Gasteiger partial charge in [0.2, 0.25) is 10.0 Å². The van der Waals surface area contributed by atoms with E-state index in [4.69, 9.17) is 9.84 Å². The van der Waals surface area contributed by atoms with E-state index in [-0.39, 0.29) is 17.5 Å². The molecule has 1 aromatic carbocycles. The fraction of sp³-hybridized carbons (Fsp3) is 0.632. The number of hydrogen-bond donors (Lipinski definition) is 4. The third kappa shape index (κ3) is 7.14. The summed E-state index contributed by atoms with van der Waals surface area (Å²) in [7, 11) is -3.80. The molecule has 9 nitrogen and oxygen atoms in total. The molecule has 1 aromatic rings. The first-order valence-electron chi connectivity index (χ1n) is 9.64. The lowest BCUT2D eigenvalue weighted by molar-refractivity contribution is 0.0203. The molecule has 4 N–H and O–H groups in total. The number of anilines is 1. The van der Waals surface area contributed by atoms with Gasteiger partial charge in [0.05, 0.1) is 18.4 Å². The van der Waals surface area contributed by atoms with E-state index < -0.39 is 34.4 Å². The predicted molar refractivity (Wildman–Crippen MR) is 109 cm³/mol. The Labute approximate surface area is 172 Å². The highest BCUT2D eigenvalue weighted by molar-refractivity contribution is 7.89. The number of piperidine rings is 1. The van der Waals surface area contributed by atoms with Crippen LogP contribution < -0.4 is 10.0 Å². The van der Waals surface area contributed by atoms with Crippen molar-refractivity contribution in [3.63, 3.8) is 0 Å². The van der Waals surface area contributed by atoms with Crippen LogP contribution in [-0.4, -0.2) is 73.6 Å². The Balaban J connectivity index is 1.98. The summed E-state index contributed by atoms with van der Waals surface area (Å²) in [6.45, 7) is 5.83. The number of ether oxygens (including phenoxy) is 1. The van der Waals surface area contributed by atoms with Gasteiger partial charge < -0.3 is 25.2 Å². The zero-order valence-corrected chi connectivity index (χ0v) is 17.9. The van der Waals surface area contributed by atoms with E-state index in [0.29, 0.717) is 31.6 Å². The van der Waals surface area contributed by atoms with Crippen LogP contribution in [0.3, 0.4) is 0 Å². The molecule has 1 amide bonds. The highest BCUT2D eigenvalue weighted by Crippen LogP contribution is 2.23. The van der Waals surface area contributed by atoms with Crippen molar-refractivity contribution >= 4 is 21.8 Å². The van der Waals surface area contributed by atoms with Crippen LogP contribution >= 0.6 is 0 Å². The molecule has 1 aliphatic heterocycles. The molecule has 1 heterocycles. The molecule has 1 saturated heterocycles. The first kappa shape index (κ1) is 23.4. The lowest BCUT2D eigenvalue weighted by Gasteiger charge is -2.33. The molecule has 1 unspecified atom stereocenters. The Hall–Kier alpha value is -1.88. The number of carbonyl (C=O) groups is 1. The maximum atomic E-state index is 12.9. The summed E-state index contributed by atoms with van der Waals surface area (Å²) in [5.41, 5.74) is -0.228. The monoisotopic (exact) mass is 429 g/mol. The molecule has 164 valence electrons. The van der Waals surface area contributed by atoms with Gasteiger partial charge in [-0.2, -0.15) is 0 Å². The number of nitrogens with zero attached hydrogens (tertiary/aromatic N) is 1. The normalized spacial score (nSPS) is 17.1. The van der Waals surface area contributed by atoms with Crippen LogP contribution in [0.4, 0.5) is 10.5 Å². The minimum Gasteiger partial charge on any atom is -0.444 e. The van der Waals surface area contributed by atoms with Crippen LogP contribution in [0, 0.1) is 0 Å². The molecule has 10 heteroatoms. The average Bonchev–Trinajstić information content (AvgIpc) is 2.65. The molecule has 1 fully saturated rings. The maximum Gasteiger partial charge on any atom is 0.410 e. The summed E-state index contributed by atoms with van der Waals surface area (Å²) < 4.78 is 33.8. The predicted octanol–water partition coefficient (Wildman–Crippen LogP) is 1.13. The Morgan fingerprint density at radius 3 is 2.48 bits per heavy atom. The number of benzene rings is 1. The zero-order valence-electron chi connectivity index (χ0n) is 17.1. The molecule has 0 spiro atoms. The Morgan fingerprint density at radius 1 is 1.28 bits per heavy atom. The van der Waals surface area contributed by atoms with Crippen molar-refractivity contribution in [1.29, 1.82) is 0 Å². The summed E-state index contributed by atoms with van der Waals surface area (Å²) in [5.74, 6) is 0. The number of carbonyl (C=O) groups excluding carboxylic acids is 1. The van der Waals surface area contributed by atoms with Gasteiger partial charge in [0.15, 0.2) is 0 Å². The van der Waals surface area contributed by atoms with Gasteiger partial charge in [-0.05, 0) is 45.7 Å². The van der Waals surface area contributed by atoms with Gasteiger partial charge in [-0.1, -0.05) is 12.1 Å². The summed E-state index contributed by atoms with van der Waals surface area (Å²) in [6, 6.07) is 6.09. The van der Waals surface area contributed by atoms with Gasteiger partial charge in [0.25, 0.3) is 0 Å². The van der Waals surface area contributed by atoms with Gasteiger partial charge in [-0.25, -0.2) is 17.9 Å². The zero-order chi connectivity index (χ0) is 21.7. The van der Waals surface area contributed by atoms with E-state index in [1.54, 1.807) is 43.9 Å². The van der Waals surface area contributed by atoms with Gasteiger partial charge in [-0.15, -0.1) is 0 Å². The smallest absolute Gasteiger partial charge is 0.410 e. The molecule has 2 rings (SSSR count). The average molecular weight is 430 g/mol. The van der Waals surface area contributed by atoms with Crippen molar-refractivity contribution in [3.8, 4) is 0 Å². The van der Waals surface area contributed by atoms with E-state index in [2.05, 4.69) is 10.0 Å². The van der Waals surface area contributed by atoms with Crippen molar-refractivity contribution in [2.75, 3.05) is 31.6 Å². The molecule has 0 aliphatic carbocycles. The fourth-order valence-corrected chi connectivity index (χ4v) is 4.42. The van der Waals surface area contributed by atoms with Crippen molar-refractivity contribution in [2.24, 2.45) is 0 Å². The molecule has 0 bridgehead atoms. The van der Waals surface area contributed by atoms with E-state index in [0.717, 1.165) is 0 Å². The summed E-state index contributed by atoms with van der Waals surface area (Å²) in [6.07, 6.45) is -0.416. The topological polar surface area (TPSA) is 128 Å². The second-order valence-electron chi connectivity index (χ2n) is 8.08. The van der Waals surface area contributed by atoms with E-state index >= 15 is 0 Å². The largest absolute Gasteiger partial charge is 0.444 e. The molecular formula is C19H31N3O6S. The van der Waals surface area contributed by atoms with Gasteiger partial charge in [0, 0.05) is 25.7 Å². The minimum atomic E-state index is -3.80. The van der Waals surface area contributed by atoms with Crippen LogP contribution in [-0.2, 0) is 14.8 Å². The van der Waals surface area contributed by atoms with Crippen LogP contribution in [0.15, 0.2) is 29.2 Å². The summed E-state index contributed by atoms with van der Waals surface area (Å²) in [4.78, 5) is 13.8. The third-order valence-electron chi connectivity index (χ3n) is 4.38. The fourth-order valence-electron chi connectivity index (χ4n) is 2.93. The highest BCUT2D eigenvalue weighted by atomic mass is 32.2. The van der Waals surface area contributed by atoms with Crippen molar-refractivity contribution < 1.29 is 28.2 Å². The molecule has 1 aliphatic rings. The Bertz CT molecular complexity index is 785. The highest BCUT2D eigenvalue weighted by Gasteiger charge is 2.30. The van der Waals surface area contributed by atoms with Crippen LogP contribution in [0.25, 0.3) is 0 Å². The van der Waals surface area contributed by atoms with E-state index in [1.807, 2.05) is 0 Å². The molecular weight excluding hydrogens is 398 g/mol. The molecule has 29 heavy (non-hydrogen) atoms. The maximum absolute atomic E-state index is 12.9. The van der Waals surface area contributed by atoms with E-state index in [9.17, 15) is 18.3 Å². The third-order valence-corrected chi connectivity index (χ3v) is 5.96. The van der Waals surface area contributed by atoms with Crippen molar-refractivity contribution in [2.45, 2.75) is 56.3 Å². The number of rotatable bonds is 7. The van der Waals surface area contributed by atoms with Crippen LogP contribution in [0.2, 0.25) is 0 Å². The number of amides is 1. The standard InChI is InChI=1S/C19H31N3O6S/c1-19(2,3)28-18(25)22-10-8-14(9-11-22)21-29(26,27)17-7-5-4-6-16(17)20-12-15(24)13-23/h4-7,14-15,20-21,23-24H,8-13H2,1-3H3. The van der Waals surface area contributed by atoms with Gasteiger partial charge in [-0.3, -0.25) is 0 Å². The number of para-hydroxylation sites is 1. The SMILES string of the molecule is CC(C)(C)OC(=O)N1CCC(NS(=O)(=O)c2ccccc2NCC(O)CO)CC1. The number of aliphatic hydroxyl groups excluding tert-OH is 2. The van der Waals surface area contributed by atoms with E-state index in [1.165, 1.54) is 6.07 Å². The van der Waals surface area contributed by atoms with Crippen molar-refractivity contribution in [1.82, 2.24) is 9.62 Å². The summed E-state index contributed by atoms with van der Waals surface area (Å²) in [5, 5.41) is 21.3. The second-order valence-corrected chi connectivity index (χ2v) is 9.76. The first-order chi connectivity index (χ1) is 13.5. The lowest BCUT2D eigenvalue weighted by atomic mass is 10.1. The number of aliphatic hydroxyl groups is 2. The number of sulfonamides is 1. The molecule has 1 atom stereocenters. The van der Waals surface area contributed by atoms with Gasteiger partial charge >= 0.3 is 6.09 Å². The molecule has 0 radical (unpaired) electrons. The minimum absolute atomic E-state index is 0.0251. The summed E-state index contributed by atoms with van der Waals surface area (Å²) >= 11 is 0. The Kier molecular flexibility index (Phi) is 7.87. The molecule has 0 aromatic heterocycles. The van der Waals surface area contributed by atoms with Gasteiger partial charge in [0.1, 0.15) is 10.5 Å². The number of likely N-dealkylation sites (tertiary alicyclic amines) is 1.